The van der Waals surface area contributed by atoms with Gasteiger partial charge in [0.2, 0.25) is 0 Å². The maximum atomic E-state index is 2.47. The number of hydrogen-bond donors (Lipinski definition) is 0. The molecule has 0 N–H and O–H groups in total. The van der Waals surface area contributed by atoms with Crippen molar-refractivity contribution in [1.82, 2.24) is 0 Å². The first-order chi connectivity index (χ1) is 25.0. The third-order valence-electron chi connectivity index (χ3n) is 11.8. The Morgan fingerprint density at radius 2 is 0.745 bits per heavy atom. The predicted molar refractivity (Wildman–Crippen MR) is 220 cm³/mol. The van der Waals surface area contributed by atoms with E-state index in [-0.39, 0.29) is 5.41 Å². The Hall–Kier alpha value is -6.24. The Balaban J connectivity index is 1.00. The Morgan fingerprint density at radius 1 is 0.275 bits per heavy atom. The lowest BCUT2D eigenvalue weighted by molar-refractivity contribution is 0.661. The van der Waals surface area contributed by atoms with Crippen LogP contribution in [0.1, 0.15) is 25.0 Å². The van der Waals surface area contributed by atoms with Gasteiger partial charge in [-0.15, -0.1) is 0 Å². The fraction of sp³-hybridized carbons (Fsp3) is 0.0588. The molecule has 0 atom stereocenters. The zero-order valence-electron chi connectivity index (χ0n) is 28.7. The van der Waals surface area contributed by atoms with Crippen molar-refractivity contribution in [2.24, 2.45) is 0 Å². The summed E-state index contributed by atoms with van der Waals surface area (Å²) >= 11 is 0. The summed E-state index contributed by atoms with van der Waals surface area (Å²) in [6.07, 6.45) is 0. The average Bonchev–Trinajstić information content (AvgIpc) is 3.41. The Kier molecular flexibility index (Phi) is 5.82. The van der Waals surface area contributed by atoms with Gasteiger partial charge in [0.25, 0.3) is 0 Å². The van der Waals surface area contributed by atoms with Crippen LogP contribution >= 0.6 is 0 Å². The molecule has 0 saturated heterocycles. The van der Waals surface area contributed by atoms with E-state index in [1.807, 2.05) is 0 Å². The quantitative estimate of drug-likeness (QED) is 0.164. The van der Waals surface area contributed by atoms with Crippen molar-refractivity contribution in [2.45, 2.75) is 19.3 Å². The van der Waals surface area contributed by atoms with Crippen LogP contribution in [0.2, 0.25) is 0 Å². The van der Waals surface area contributed by atoms with Gasteiger partial charge in [-0.3, -0.25) is 0 Å². The van der Waals surface area contributed by atoms with Gasteiger partial charge in [-0.25, -0.2) is 0 Å². The lowest BCUT2D eigenvalue weighted by atomic mass is 9.81. The lowest BCUT2D eigenvalue weighted by Gasteiger charge is -2.22. The van der Waals surface area contributed by atoms with Crippen molar-refractivity contribution >= 4 is 64.6 Å². The molecule has 10 aromatic rings. The smallest absolute Gasteiger partial charge is 0.0159 e. The van der Waals surface area contributed by atoms with Gasteiger partial charge in [0.05, 0.1) is 0 Å². The SMILES string of the molecule is CC1(C)c2ccccc2-c2cc3ccc4ccc(-c5ccc6c(ccc7c8ccc(-c9ccc%10ccccc%10c9)cc8ccc67)c5)cc4c3cc21. The molecule has 0 radical (unpaired) electrons. The molecular weight excluding hydrogens is 613 g/mol. The maximum absolute atomic E-state index is 2.47. The minimum Gasteiger partial charge on any atom is -0.0619 e. The van der Waals surface area contributed by atoms with Crippen molar-refractivity contribution in [2.75, 3.05) is 0 Å². The molecule has 0 fully saturated rings. The molecule has 0 aliphatic heterocycles. The fourth-order valence-electron chi connectivity index (χ4n) is 9.04. The van der Waals surface area contributed by atoms with Crippen LogP contribution in [0.15, 0.2) is 170 Å². The fourth-order valence-corrected chi connectivity index (χ4v) is 9.04. The summed E-state index contributed by atoms with van der Waals surface area (Å²) in [7, 11) is 0. The molecule has 0 heterocycles. The monoisotopic (exact) mass is 646 g/mol. The van der Waals surface area contributed by atoms with Crippen LogP contribution in [0.4, 0.5) is 0 Å². The zero-order chi connectivity index (χ0) is 33.8. The molecular formula is C51H34. The summed E-state index contributed by atoms with van der Waals surface area (Å²) in [5.74, 6) is 0. The van der Waals surface area contributed by atoms with E-state index in [1.54, 1.807) is 0 Å². The predicted octanol–water partition coefficient (Wildman–Crippen LogP) is 14.2. The van der Waals surface area contributed by atoms with Crippen molar-refractivity contribution in [3.05, 3.63) is 181 Å². The van der Waals surface area contributed by atoms with Gasteiger partial charge in [-0.1, -0.05) is 147 Å². The van der Waals surface area contributed by atoms with E-state index in [0.29, 0.717) is 0 Å². The second kappa shape index (κ2) is 10.4. The maximum Gasteiger partial charge on any atom is 0.0159 e. The summed E-state index contributed by atoms with van der Waals surface area (Å²) in [6.45, 7) is 4.73. The molecule has 51 heavy (non-hydrogen) atoms. The van der Waals surface area contributed by atoms with E-state index in [4.69, 9.17) is 0 Å². The number of benzene rings is 10. The number of fused-ring (bicyclic) bond motifs is 12. The molecule has 1 aliphatic rings. The average molecular weight is 647 g/mol. The van der Waals surface area contributed by atoms with Gasteiger partial charge in [0, 0.05) is 5.41 Å². The molecule has 0 amide bonds. The third kappa shape index (κ3) is 4.20. The molecule has 238 valence electrons. The van der Waals surface area contributed by atoms with Crippen LogP contribution in [0, 0.1) is 0 Å². The van der Waals surface area contributed by atoms with E-state index in [0.717, 1.165) is 0 Å². The van der Waals surface area contributed by atoms with Crippen molar-refractivity contribution < 1.29 is 0 Å². The van der Waals surface area contributed by atoms with Gasteiger partial charge in [-0.05, 0) is 146 Å². The molecule has 1 aliphatic carbocycles. The van der Waals surface area contributed by atoms with E-state index < -0.39 is 0 Å². The van der Waals surface area contributed by atoms with Crippen LogP contribution in [0.3, 0.4) is 0 Å². The number of hydrogen-bond acceptors (Lipinski definition) is 0. The molecule has 0 nitrogen and oxygen atoms in total. The second-order valence-electron chi connectivity index (χ2n) is 15.0. The molecule has 0 bridgehead atoms. The topological polar surface area (TPSA) is 0 Å². The first-order valence-corrected chi connectivity index (χ1v) is 18.0. The lowest BCUT2D eigenvalue weighted by Crippen LogP contribution is -2.14. The largest absolute Gasteiger partial charge is 0.0619 e. The molecule has 0 heteroatoms. The van der Waals surface area contributed by atoms with E-state index in [2.05, 4.69) is 184 Å². The Morgan fingerprint density at radius 3 is 1.47 bits per heavy atom. The Labute approximate surface area is 297 Å². The van der Waals surface area contributed by atoms with Crippen LogP contribution in [0.5, 0.6) is 0 Å². The summed E-state index contributed by atoms with van der Waals surface area (Å²) in [5.41, 5.74) is 10.6. The standard InChI is InChI=1S/C51H34/c1-51(2)49-10-6-5-9-45(49)48-29-40-16-13-32-12-15-37(28-46(32)47(40)30-50(48)51)36-18-22-42-39(27-36)20-24-43-41-21-17-35(26-38(41)19-23-44(42)43)34-14-11-31-7-3-4-8-33(31)25-34/h3-30H,1-2H3. The Bertz CT molecular complexity index is 3100. The van der Waals surface area contributed by atoms with Crippen LogP contribution < -0.4 is 0 Å². The zero-order valence-corrected chi connectivity index (χ0v) is 28.7. The van der Waals surface area contributed by atoms with Crippen molar-refractivity contribution in [3.8, 4) is 33.4 Å². The van der Waals surface area contributed by atoms with Crippen molar-refractivity contribution in [1.29, 1.82) is 0 Å². The highest BCUT2D eigenvalue weighted by Crippen LogP contribution is 2.50. The minimum absolute atomic E-state index is 0.0220. The summed E-state index contributed by atoms with van der Waals surface area (Å²) in [5, 5.41) is 15.5. The van der Waals surface area contributed by atoms with Crippen LogP contribution in [-0.2, 0) is 5.41 Å². The first kappa shape index (κ1) is 28.6. The first-order valence-electron chi connectivity index (χ1n) is 18.0. The molecule has 11 rings (SSSR count). The van der Waals surface area contributed by atoms with Gasteiger partial charge in [0.15, 0.2) is 0 Å². The van der Waals surface area contributed by atoms with Gasteiger partial charge in [-0.2, -0.15) is 0 Å². The second-order valence-corrected chi connectivity index (χ2v) is 15.0. The van der Waals surface area contributed by atoms with E-state index in [1.165, 1.54) is 109 Å². The van der Waals surface area contributed by atoms with E-state index in [9.17, 15) is 0 Å². The molecule has 10 aromatic carbocycles. The van der Waals surface area contributed by atoms with Gasteiger partial charge >= 0.3 is 0 Å². The third-order valence-corrected chi connectivity index (χ3v) is 11.8. The van der Waals surface area contributed by atoms with Crippen molar-refractivity contribution in [3.63, 3.8) is 0 Å². The summed E-state index contributed by atoms with van der Waals surface area (Å²) in [4.78, 5) is 0. The van der Waals surface area contributed by atoms with Crippen LogP contribution in [-0.4, -0.2) is 0 Å². The molecule has 0 aromatic heterocycles. The summed E-state index contributed by atoms with van der Waals surface area (Å²) < 4.78 is 0. The highest BCUT2D eigenvalue weighted by atomic mass is 14.4. The molecule has 0 spiro atoms. The van der Waals surface area contributed by atoms with Gasteiger partial charge < -0.3 is 0 Å². The normalized spacial score (nSPS) is 13.5. The van der Waals surface area contributed by atoms with Gasteiger partial charge in [0.1, 0.15) is 0 Å². The number of rotatable bonds is 2. The highest BCUT2D eigenvalue weighted by molar-refractivity contribution is 6.18. The van der Waals surface area contributed by atoms with E-state index >= 15 is 0 Å². The molecule has 0 unspecified atom stereocenters. The molecule has 0 saturated carbocycles. The summed E-state index contributed by atoms with van der Waals surface area (Å²) in [6, 6.07) is 63.8. The highest BCUT2D eigenvalue weighted by Gasteiger charge is 2.35. The van der Waals surface area contributed by atoms with Crippen LogP contribution in [0.25, 0.3) is 98.0 Å². The minimum atomic E-state index is -0.0220.